The molecule has 0 bridgehead atoms. The number of carbonyl (C=O) groups is 1. The van der Waals surface area contributed by atoms with Gasteiger partial charge in [-0.25, -0.2) is 0 Å². The molecule has 54 heavy (non-hydrogen) atoms. The molecule has 6 rings (SSSR count). The summed E-state index contributed by atoms with van der Waals surface area (Å²) in [4.78, 5) is 10.9. The van der Waals surface area contributed by atoms with Crippen LogP contribution in [0.4, 0.5) is 41.6 Å². The minimum Gasteiger partial charge on any atom is -0.316 e. The second-order valence-electron chi connectivity index (χ2n) is 11.5. The Balaban J connectivity index is 1.31. The monoisotopic (exact) mass is 815 g/mol. The zero-order valence-electron chi connectivity index (χ0n) is 27.2. The maximum absolute atomic E-state index is 13.2. The van der Waals surface area contributed by atoms with Crippen LogP contribution in [-0.2, 0) is 25.0 Å². The molecule has 0 heterocycles. The summed E-state index contributed by atoms with van der Waals surface area (Å²) >= 11 is 13.0. The maximum atomic E-state index is 13.2. The van der Waals surface area contributed by atoms with Gasteiger partial charge in [0.1, 0.15) is 26.9 Å². The minimum atomic E-state index is -5.30. The predicted molar refractivity (Wildman–Crippen MR) is 197 cm³/mol. The molecule has 0 aliphatic rings. The van der Waals surface area contributed by atoms with Crippen molar-refractivity contribution in [2.45, 2.75) is 22.9 Å². The highest BCUT2D eigenvalue weighted by atomic mass is 35.5. The number of alkyl halides is 3. The van der Waals surface area contributed by atoms with Crippen LogP contribution in [0.1, 0.15) is 5.56 Å². The Morgan fingerprint density at radius 3 is 1.48 bits per heavy atom. The van der Waals surface area contributed by atoms with Gasteiger partial charge < -0.3 is 5.32 Å². The normalized spacial score (nSPS) is 12.7. The van der Waals surface area contributed by atoms with Gasteiger partial charge in [-0.15, -0.1) is 15.3 Å². The first-order chi connectivity index (χ1) is 25.3. The van der Waals surface area contributed by atoms with E-state index in [1.807, 2.05) is 0 Å². The first-order valence-electron chi connectivity index (χ1n) is 15.2. The number of carbonyl (C=O) groups excluding carboxylic acids is 1. The molecule has 0 saturated carbocycles. The summed E-state index contributed by atoms with van der Waals surface area (Å²) in [6, 6.07) is 23.0. The lowest BCUT2D eigenvalue weighted by molar-refractivity contribution is -0.167. The zero-order valence-corrected chi connectivity index (χ0v) is 30.3. The van der Waals surface area contributed by atoms with E-state index in [9.17, 15) is 43.9 Å². The number of amides is 1. The third-order valence-electron chi connectivity index (χ3n) is 8.05. The van der Waals surface area contributed by atoms with Crippen molar-refractivity contribution in [2.24, 2.45) is 20.5 Å². The number of nitrogens with one attached hydrogen (secondary N) is 1. The Hall–Kier alpha value is -5.30. The first-order valence-corrected chi connectivity index (χ1v) is 18.8. The van der Waals surface area contributed by atoms with Gasteiger partial charge in [-0.2, -0.15) is 35.1 Å². The molecule has 0 aliphatic carbocycles. The van der Waals surface area contributed by atoms with Crippen molar-refractivity contribution in [3.05, 3.63) is 113 Å². The highest BCUT2D eigenvalue weighted by molar-refractivity contribution is 7.86. The molecular formula is C35H22Cl2F3N5O7S2. The fourth-order valence-corrected chi connectivity index (χ4v) is 7.35. The van der Waals surface area contributed by atoms with Gasteiger partial charge >= 0.3 is 12.1 Å². The van der Waals surface area contributed by atoms with Crippen molar-refractivity contribution < 1.29 is 43.9 Å². The number of fused-ring (bicyclic) bond motifs is 2. The van der Waals surface area contributed by atoms with Crippen LogP contribution >= 0.6 is 23.2 Å². The van der Waals surface area contributed by atoms with Gasteiger partial charge in [-0.05, 0) is 65.4 Å². The zero-order chi connectivity index (χ0) is 39.2. The predicted octanol–water partition coefficient (Wildman–Crippen LogP) is 11.1. The molecule has 6 aromatic rings. The molecule has 0 atom stereocenters. The molecule has 19 heteroatoms. The SMILES string of the molecule is Cc1c(N=Nc2ccc(-c3ccc(N=Nc4cc(S(=O)(=O)O)c5ccccc5c4NC(=O)C(F)(F)F)c(Cl)c3)cc2Cl)cc(S(=O)(=O)O)c2ccccc12. The summed E-state index contributed by atoms with van der Waals surface area (Å²) < 4.78 is 108. The van der Waals surface area contributed by atoms with Crippen molar-refractivity contribution in [3.63, 3.8) is 0 Å². The van der Waals surface area contributed by atoms with Crippen LogP contribution in [0.25, 0.3) is 32.7 Å². The molecule has 0 aliphatic heterocycles. The largest absolute Gasteiger partial charge is 0.471 e. The van der Waals surface area contributed by atoms with E-state index >= 15 is 0 Å². The van der Waals surface area contributed by atoms with Crippen LogP contribution in [0.15, 0.2) is 127 Å². The van der Waals surface area contributed by atoms with Gasteiger partial charge in [0.25, 0.3) is 20.2 Å². The second-order valence-corrected chi connectivity index (χ2v) is 15.1. The van der Waals surface area contributed by atoms with E-state index in [1.165, 1.54) is 42.5 Å². The van der Waals surface area contributed by atoms with Crippen LogP contribution in [0.5, 0.6) is 0 Å². The Kier molecular flexibility index (Phi) is 10.3. The summed E-state index contributed by atoms with van der Waals surface area (Å²) in [5.41, 5.74) is 1.08. The molecule has 0 unspecified atom stereocenters. The molecule has 12 nitrogen and oxygen atoms in total. The van der Waals surface area contributed by atoms with Crippen LogP contribution < -0.4 is 5.32 Å². The third-order valence-corrected chi connectivity index (χ3v) is 10.4. The van der Waals surface area contributed by atoms with Gasteiger partial charge in [-0.3, -0.25) is 13.9 Å². The fourth-order valence-electron chi connectivity index (χ4n) is 5.48. The number of halogens is 5. The number of anilines is 1. The summed E-state index contributed by atoms with van der Waals surface area (Å²) in [5, 5.41) is 18.7. The van der Waals surface area contributed by atoms with Gasteiger partial charge in [0.15, 0.2) is 0 Å². The van der Waals surface area contributed by atoms with E-state index in [0.29, 0.717) is 27.5 Å². The van der Waals surface area contributed by atoms with Crippen molar-refractivity contribution in [1.29, 1.82) is 0 Å². The van der Waals surface area contributed by atoms with Crippen LogP contribution in [0, 0.1) is 6.92 Å². The molecule has 0 spiro atoms. The molecule has 3 N–H and O–H groups in total. The molecule has 1 amide bonds. The highest BCUT2D eigenvalue weighted by Crippen LogP contribution is 2.41. The Morgan fingerprint density at radius 1 is 0.611 bits per heavy atom. The average Bonchev–Trinajstić information content (AvgIpc) is 3.10. The Bertz CT molecular complexity index is 2820. The number of hydrogen-bond donors (Lipinski definition) is 3. The quantitative estimate of drug-likeness (QED) is 0.101. The molecular weight excluding hydrogens is 794 g/mol. The van der Waals surface area contributed by atoms with Crippen LogP contribution in [0.3, 0.4) is 0 Å². The standard InChI is InChI=1S/C35H22Cl2F3N5O7S2/c1-18-21-6-2-3-7-22(21)31(53(47,48)49)16-29(18)44-42-27-12-10-19(14-25(27)36)20-11-13-28(26(37)15-20)43-45-30-17-32(54(50,51)52)23-8-4-5-9-24(23)33(30)41-34(46)35(38,39)40/h2-17H,1H3,(H,41,46)(H,47,48,49)(H,50,51,52). The van der Waals surface area contributed by atoms with Gasteiger partial charge in [0.05, 0.1) is 21.4 Å². The summed E-state index contributed by atoms with van der Waals surface area (Å²) in [6.45, 7) is 1.73. The van der Waals surface area contributed by atoms with E-state index in [2.05, 4.69) is 20.5 Å². The lowest BCUT2D eigenvalue weighted by atomic mass is 10.0. The number of nitrogens with zero attached hydrogens (tertiary/aromatic N) is 4. The number of rotatable bonds is 8. The van der Waals surface area contributed by atoms with Crippen LogP contribution in [-0.4, -0.2) is 38.0 Å². The molecule has 0 fully saturated rings. The van der Waals surface area contributed by atoms with E-state index < -0.39 is 48.6 Å². The number of benzene rings is 6. The second kappa shape index (κ2) is 14.5. The molecule has 276 valence electrons. The van der Waals surface area contributed by atoms with Crippen molar-refractivity contribution >= 4 is 99.3 Å². The Labute approximate surface area is 314 Å². The van der Waals surface area contributed by atoms with E-state index in [1.54, 1.807) is 60.8 Å². The number of hydrogen-bond acceptors (Lipinski definition) is 9. The number of azo groups is 2. The third kappa shape index (κ3) is 7.96. The number of aryl methyl sites for hydroxylation is 1. The smallest absolute Gasteiger partial charge is 0.316 e. The summed E-state index contributed by atoms with van der Waals surface area (Å²) in [5.74, 6) is -2.35. The van der Waals surface area contributed by atoms with E-state index in [-0.39, 0.29) is 42.8 Å². The lowest BCUT2D eigenvalue weighted by Crippen LogP contribution is -2.30. The van der Waals surface area contributed by atoms with Gasteiger partial charge in [-0.1, -0.05) is 83.9 Å². The van der Waals surface area contributed by atoms with Gasteiger partial charge in [0, 0.05) is 16.2 Å². The van der Waals surface area contributed by atoms with Crippen LogP contribution in [0.2, 0.25) is 10.0 Å². The molecule has 6 aromatic carbocycles. The average molecular weight is 817 g/mol. The van der Waals surface area contributed by atoms with Gasteiger partial charge in [0.2, 0.25) is 0 Å². The molecule has 0 radical (unpaired) electrons. The maximum Gasteiger partial charge on any atom is 0.471 e. The van der Waals surface area contributed by atoms with Crippen molar-refractivity contribution in [3.8, 4) is 11.1 Å². The topological polar surface area (TPSA) is 187 Å². The lowest BCUT2D eigenvalue weighted by Gasteiger charge is -2.15. The van der Waals surface area contributed by atoms with Crippen molar-refractivity contribution in [1.82, 2.24) is 0 Å². The van der Waals surface area contributed by atoms with E-state index in [4.69, 9.17) is 23.2 Å². The highest BCUT2D eigenvalue weighted by Gasteiger charge is 2.39. The Morgan fingerprint density at radius 2 is 1.02 bits per heavy atom. The summed E-state index contributed by atoms with van der Waals surface area (Å²) in [6.07, 6.45) is -5.30. The minimum absolute atomic E-state index is 0.00149. The van der Waals surface area contributed by atoms with E-state index in [0.717, 1.165) is 6.07 Å². The fraction of sp³-hybridized carbons (Fsp3) is 0.0571. The molecule has 0 saturated heterocycles. The first kappa shape index (κ1) is 38.4. The molecule has 0 aromatic heterocycles. The summed E-state index contributed by atoms with van der Waals surface area (Å²) in [7, 11) is -9.49. The van der Waals surface area contributed by atoms with Crippen molar-refractivity contribution in [2.75, 3.05) is 5.32 Å².